The van der Waals surface area contributed by atoms with Crippen molar-refractivity contribution >= 4 is 39.9 Å². The van der Waals surface area contributed by atoms with Gasteiger partial charge in [-0.3, -0.25) is 9.59 Å². The van der Waals surface area contributed by atoms with Gasteiger partial charge in [0.2, 0.25) is 5.91 Å². The van der Waals surface area contributed by atoms with Gasteiger partial charge in [-0.1, -0.05) is 0 Å². The Morgan fingerprint density at radius 3 is 2.60 bits per heavy atom. The summed E-state index contributed by atoms with van der Waals surface area (Å²) in [4.78, 5) is 23.7. The molecule has 0 aliphatic rings. The molecule has 7 heteroatoms. The van der Waals surface area contributed by atoms with Crippen LogP contribution >= 0.6 is 23.1 Å². The van der Waals surface area contributed by atoms with Crippen LogP contribution in [0.5, 0.6) is 0 Å². The number of thioether (sulfide) groups is 1. The number of nitrogens with two attached hydrogens (primary N) is 1. The summed E-state index contributed by atoms with van der Waals surface area (Å²) in [6.45, 7) is 0. The SMILES string of the molecule is NC(=O)c1ccsc1NC(=O)CSc1ccc(F)cc1. The zero-order valence-electron chi connectivity index (χ0n) is 10.3. The third-order valence-corrected chi connectivity index (χ3v) is 4.21. The zero-order chi connectivity index (χ0) is 14.5. The van der Waals surface area contributed by atoms with Crippen molar-refractivity contribution in [3.05, 3.63) is 47.1 Å². The van der Waals surface area contributed by atoms with Crippen LogP contribution in [-0.4, -0.2) is 17.6 Å². The quantitative estimate of drug-likeness (QED) is 0.834. The number of primary amides is 1. The topological polar surface area (TPSA) is 72.2 Å². The minimum atomic E-state index is -0.576. The highest BCUT2D eigenvalue weighted by Gasteiger charge is 2.12. The van der Waals surface area contributed by atoms with E-state index in [1.165, 1.54) is 35.2 Å². The molecule has 0 unspecified atom stereocenters. The zero-order valence-corrected chi connectivity index (χ0v) is 11.9. The molecule has 1 heterocycles. The largest absolute Gasteiger partial charge is 0.366 e. The maximum absolute atomic E-state index is 12.7. The van der Waals surface area contributed by atoms with E-state index in [0.717, 1.165) is 4.90 Å². The number of halogens is 1. The van der Waals surface area contributed by atoms with Gasteiger partial charge in [-0.25, -0.2) is 4.39 Å². The number of nitrogens with one attached hydrogen (secondary N) is 1. The Balaban J connectivity index is 1.91. The van der Waals surface area contributed by atoms with E-state index in [-0.39, 0.29) is 17.5 Å². The van der Waals surface area contributed by atoms with Gasteiger partial charge in [0, 0.05) is 4.90 Å². The van der Waals surface area contributed by atoms with Crippen molar-refractivity contribution in [1.29, 1.82) is 0 Å². The van der Waals surface area contributed by atoms with E-state index in [1.807, 2.05) is 0 Å². The lowest BCUT2D eigenvalue weighted by molar-refractivity contribution is -0.113. The minimum Gasteiger partial charge on any atom is -0.366 e. The Morgan fingerprint density at radius 2 is 1.95 bits per heavy atom. The molecule has 4 nitrogen and oxygen atoms in total. The van der Waals surface area contributed by atoms with Gasteiger partial charge in [0.05, 0.1) is 11.3 Å². The van der Waals surface area contributed by atoms with Crippen LogP contribution in [0.2, 0.25) is 0 Å². The van der Waals surface area contributed by atoms with Crippen LogP contribution in [0.25, 0.3) is 0 Å². The fourth-order valence-electron chi connectivity index (χ4n) is 1.44. The van der Waals surface area contributed by atoms with Gasteiger partial charge in [0.15, 0.2) is 0 Å². The Hall–Kier alpha value is -1.86. The molecule has 0 fully saturated rings. The molecular weight excluding hydrogens is 299 g/mol. The minimum absolute atomic E-state index is 0.168. The second kappa shape index (κ2) is 6.53. The Morgan fingerprint density at radius 1 is 1.25 bits per heavy atom. The second-order valence-corrected chi connectivity index (χ2v) is 5.78. The van der Waals surface area contributed by atoms with Gasteiger partial charge in [0.1, 0.15) is 10.8 Å². The summed E-state index contributed by atoms with van der Waals surface area (Å²) in [5.74, 6) is -0.970. The highest BCUT2D eigenvalue weighted by Crippen LogP contribution is 2.24. The molecule has 3 N–H and O–H groups in total. The maximum atomic E-state index is 12.7. The molecule has 2 amide bonds. The van der Waals surface area contributed by atoms with Crippen molar-refractivity contribution < 1.29 is 14.0 Å². The fourth-order valence-corrected chi connectivity index (χ4v) is 2.95. The third kappa shape index (κ3) is 3.82. The van der Waals surface area contributed by atoms with Crippen molar-refractivity contribution in [2.24, 2.45) is 5.73 Å². The normalized spacial score (nSPS) is 10.2. The standard InChI is InChI=1S/C13H11FN2O2S2/c14-8-1-3-9(4-2-8)20-7-11(17)16-13-10(12(15)18)5-6-19-13/h1-6H,7H2,(H2,15,18)(H,16,17). The summed E-state index contributed by atoms with van der Waals surface area (Å²) in [6, 6.07) is 7.45. The van der Waals surface area contributed by atoms with Crippen LogP contribution in [0.4, 0.5) is 9.39 Å². The van der Waals surface area contributed by atoms with Crippen LogP contribution in [0.1, 0.15) is 10.4 Å². The molecule has 0 aliphatic heterocycles. The van der Waals surface area contributed by atoms with E-state index in [9.17, 15) is 14.0 Å². The second-order valence-electron chi connectivity index (χ2n) is 3.82. The first-order valence-electron chi connectivity index (χ1n) is 5.62. The van der Waals surface area contributed by atoms with Gasteiger partial charge >= 0.3 is 0 Å². The van der Waals surface area contributed by atoms with Crippen molar-refractivity contribution in [3.8, 4) is 0 Å². The van der Waals surface area contributed by atoms with E-state index < -0.39 is 5.91 Å². The molecule has 104 valence electrons. The molecule has 1 aromatic carbocycles. The fraction of sp³-hybridized carbons (Fsp3) is 0.0769. The van der Waals surface area contributed by atoms with Crippen LogP contribution in [0.15, 0.2) is 40.6 Å². The summed E-state index contributed by atoms with van der Waals surface area (Å²) >= 11 is 2.52. The lowest BCUT2D eigenvalue weighted by atomic mass is 10.3. The molecule has 0 saturated heterocycles. The number of hydrogen-bond acceptors (Lipinski definition) is 4. The summed E-state index contributed by atoms with van der Waals surface area (Å²) in [6.07, 6.45) is 0. The summed E-state index contributed by atoms with van der Waals surface area (Å²) in [5, 5.41) is 4.77. The van der Waals surface area contributed by atoms with E-state index >= 15 is 0 Å². The van der Waals surface area contributed by atoms with Crippen LogP contribution in [-0.2, 0) is 4.79 Å². The molecule has 1 aromatic heterocycles. The molecule has 20 heavy (non-hydrogen) atoms. The highest BCUT2D eigenvalue weighted by atomic mass is 32.2. The van der Waals surface area contributed by atoms with E-state index in [0.29, 0.717) is 10.6 Å². The number of rotatable bonds is 5. The highest BCUT2D eigenvalue weighted by molar-refractivity contribution is 8.00. The first kappa shape index (κ1) is 14.5. The predicted octanol–water partition coefficient (Wildman–Crippen LogP) is 2.72. The van der Waals surface area contributed by atoms with Gasteiger partial charge < -0.3 is 11.1 Å². The van der Waals surface area contributed by atoms with Crippen LogP contribution < -0.4 is 11.1 Å². The van der Waals surface area contributed by atoms with Gasteiger partial charge in [-0.15, -0.1) is 23.1 Å². The molecule has 0 saturated carbocycles. The average Bonchev–Trinajstić information content (AvgIpc) is 2.86. The van der Waals surface area contributed by atoms with Gasteiger partial charge in [0.25, 0.3) is 5.91 Å². The van der Waals surface area contributed by atoms with Crippen LogP contribution in [0, 0.1) is 5.82 Å². The molecule has 0 aliphatic carbocycles. The summed E-state index contributed by atoms with van der Waals surface area (Å²) in [7, 11) is 0. The lowest BCUT2D eigenvalue weighted by Gasteiger charge is -2.04. The number of thiophene rings is 1. The molecule has 2 rings (SSSR count). The maximum Gasteiger partial charge on any atom is 0.251 e. The first-order valence-corrected chi connectivity index (χ1v) is 7.48. The van der Waals surface area contributed by atoms with Gasteiger partial charge in [-0.05, 0) is 35.7 Å². The number of carbonyl (C=O) groups excluding carboxylic acids is 2. The number of hydrogen-bond donors (Lipinski definition) is 2. The monoisotopic (exact) mass is 310 g/mol. The first-order chi connectivity index (χ1) is 9.56. The van der Waals surface area contributed by atoms with E-state index in [4.69, 9.17) is 5.73 Å². The molecular formula is C13H11FN2O2S2. The van der Waals surface area contributed by atoms with Gasteiger partial charge in [-0.2, -0.15) is 0 Å². The Bertz CT molecular complexity index is 626. The van der Waals surface area contributed by atoms with E-state index in [2.05, 4.69) is 5.32 Å². The predicted molar refractivity (Wildman–Crippen MR) is 78.6 cm³/mol. The average molecular weight is 310 g/mol. The van der Waals surface area contributed by atoms with Crippen molar-refractivity contribution in [3.63, 3.8) is 0 Å². The lowest BCUT2D eigenvalue weighted by Crippen LogP contribution is -2.17. The molecule has 0 bridgehead atoms. The smallest absolute Gasteiger partial charge is 0.251 e. The number of amides is 2. The third-order valence-electron chi connectivity index (χ3n) is 2.37. The number of benzene rings is 1. The Labute approximate surface area is 123 Å². The van der Waals surface area contributed by atoms with Crippen molar-refractivity contribution in [2.75, 3.05) is 11.1 Å². The van der Waals surface area contributed by atoms with Crippen molar-refractivity contribution in [1.82, 2.24) is 0 Å². The molecule has 0 atom stereocenters. The van der Waals surface area contributed by atoms with Crippen LogP contribution in [0.3, 0.4) is 0 Å². The molecule has 0 spiro atoms. The summed E-state index contributed by atoms with van der Waals surface area (Å²) < 4.78 is 12.7. The molecule has 0 radical (unpaired) electrons. The number of carbonyl (C=O) groups is 2. The van der Waals surface area contributed by atoms with Crippen molar-refractivity contribution in [2.45, 2.75) is 4.90 Å². The van der Waals surface area contributed by atoms with E-state index in [1.54, 1.807) is 23.6 Å². The Kier molecular flexibility index (Phi) is 4.75. The summed E-state index contributed by atoms with van der Waals surface area (Å²) in [5.41, 5.74) is 5.49. The molecule has 2 aromatic rings. The number of anilines is 1.